The highest BCUT2D eigenvalue weighted by Gasteiger charge is 2.27. The number of fused-ring (bicyclic) bond motifs is 6. The first-order valence-corrected chi connectivity index (χ1v) is 17.2. The first-order chi connectivity index (χ1) is 26.6. The molecule has 0 spiro atoms. The van der Waals surface area contributed by atoms with Gasteiger partial charge >= 0.3 is 0 Å². The van der Waals surface area contributed by atoms with E-state index >= 15 is 8.78 Å². The molecule has 0 N–H and O–H groups in total. The van der Waals surface area contributed by atoms with Crippen LogP contribution in [0.15, 0.2) is 152 Å². The molecule has 0 radical (unpaired) electrons. The van der Waals surface area contributed by atoms with Crippen LogP contribution in [0, 0.1) is 18.2 Å². The van der Waals surface area contributed by atoms with Gasteiger partial charge in [-0.05, 0) is 78.9 Å². The van der Waals surface area contributed by atoms with Crippen molar-refractivity contribution in [3.63, 3.8) is 0 Å². The summed E-state index contributed by atoms with van der Waals surface area (Å²) in [6.07, 6.45) is 6.82. The molecule has 0 bridgehead atoms. The van der Waals surface area contributed by atoms with Gasteiger partial charge in [0, 0.05) is 63.0 Å². The summed E-state index contributed by atoms with van der Waals surface area (Å²) < 4.78 is 35.8. The number of nitrogens with zero attached hydrogens (tertiary/aromatic N) is 7. The summed E-state index contributed by atoms with van der Waals surface area (Å²) in [4.78, 5) is 22.1. The van der Waals surface area contributed by atoms with Gasteiger partial charge in [0.15, 0.2) is 11.6 Å². The number of halogens is 2. The summed E-state index contributed by atoms with van der Waals surface area (Å²) in [5, 5.41) is 3.70. The number of hydrogen-bond acceptors (Lipinski definition) is 4. The van der Waals surface area contributed by atoms with Gasteiger partial charge in [-0.25, -0.2) is 33.6 Å². The van der Waals surface area contributed by atoms with Crippen LogP contribution in [0.1, 0.15) is 0 Å². The van der Waals surface area contributed by atoms with E-state index in [1.54, 1.807) is 49.1 Å². The second-order valence-corrected chi connectivity index (χ2v) is 12.9. The predicted octanol–water partition coefficient (Wildman–Crippen LogP) is 11.3. The van der Waals surface area contributed by atoms with E-state index < -0.39 is 11.6 Å². The lowest BCUT2D eigenvalue weighted by molar-refractivity contribution is 0.589. The van der Waals surface area contributed by atoms with Crippen molar-refractivity contribution >= 4 is 49.3 Å². The molecular weight excluding hydrogens is 677 g/mol. The molecule has 0 saturated heterocycles. The van der Waals surface area contributed by atoms with E-state index in [4.69, 9.17) is 6.57 Å². The highest BCUT2D eigenvalue weighted by atomic mass is 19.1. The summed E-state index contributed by atoms with van der Waals surface area (Å²) in [6.45, 7) is 8.80. The summed E-state index contributed by atoms with van der Waals surface area (Å²) in [5.74, 6) is -0.277. The molecule has 0 atom stereocenters. The van der Waals surface area contributed by atoms with E-state index in [-0.39, 0.29) is 16.8 Å². The fourth-order valence-electron chi connectivity index (χ4n) is 7.66. The van der Waals surface area contributed by atoms with Gasteiger partial charge in [-0.2, -0.15) is 0 Å². The fourth-order valence-corrected chi connectivity index (χ4v) is 7.66. The molecule has 0 fully saturated rings. The van der Waals surface area contributed by atoms with Crippen LogP contribution in [0.5, 0.6) is 0 Å². The molecule has 9 heteroatoms. The Hall–Kier alpha value is -7.57. The molecular formula is C45H25F2N7. The highest BCUT2D eigenvalue weighted by Crippen LogP contribution is 2.47. The van der Waals surface area contributed by atoms with E-state index in [0.29, 0.717) is 23.0 Å². The molecule has 10 rings (SSSR count). The number of hydrogen-bond donors (Lipinski definition) is 0. The van der Waals surface area contributed by atoms with E-state index in [1.807, 2.05) is 83.4 Å². The largest absolute Gasteiger partial charge is 0.319 e. The summed E-state index contributed by atoms with van der Waals surface area (Å²) in [6, 6.07) is 38.7. The predicted molar refractivity (Wildman–Crippen MR) is 209 cm³/mol. The zero-order valence-corrected chi connectivity index (χ0v) is 28.3. The smallest absolute Gasteiger partial charge is 0.234 e. The SMILES string of the molecule is [C-]#[N+]c1c(-n2c3ccccc3c3cc(-c4ncccn4)ccc32)ccc(-c2c(F)cccc2F)c1-n1c2ccccc2c2cc(-c3ncccn3)ccc21. The van der Waals surface area contributed by atoms with Gasteiger partial charge < -0.3 is 9.13 Å². The Morgan fingerprint density at radius 2 is 0.981 bits per heavy atom. The minimum absolute atomic E-state index is 0.209. The van der Waals surface area contributed by atoms with Crippen LogP contribution >= 0.6 is 0 Å². The zero-order valence-electron chi connectivity index (χ0n) is 28.3. The minimum atomic E-state index is -0.725. The van der Waals surface area contributed by atoms with Gasteiger partial charge in [-0.15, -0.1) is 0 Å². The summed E-state index contributed by atoms with van der Waals surface area (Å²) in [5.41, 5.74) is 6.12. The molecule has 4 heterocycles. The molecule has 54 heavy (non-hydrogen) atoms. The number of rotatable bonds is 5. The molecule has 0 unspecified atom stereocenters. The first kappa shape index (κ1) is 31.2. The fraction of sp³-hybridized carbons (Fsp3) is 0. The quantitative estimate of drug-likeness (QED) is 0.168. The molecule has 7 nitrogen and oxygen atoms in total. The normalized spacial score (nSPS) is 11.5. The third kappa shape index (κ3) is 4.71. The average molecular weight is 702 g/mol. The van der Waals surface area contributed by atoms with E-state index in [9.17, 15) is 0 Å². The van der Waals surface area contributed by atoms with Crippen molar-refractivity contribution in [1.82, 2.24) is 29.1 Å². The Bertz CT molecular complexity index is 3120. The average Bonchev–Trinajstić information content (AvgIpc) is 3.73. The van der Waals surface area contributed by atoms with Crippen LogP contribution in [0.2, 0.25) is 0 Å². The first-order valence-electron chi connectivity index (χ1n) is 17.2. The lowest BCUT2D eigenvalue weighted by Gasteiger charge is -2.20. The number of para-hydroxylation sites is 2. The van der Waals surface area contributed by atoms with Crippen molar-refractivity contribution in [2.24, 2.45) is 0 Å². The van der Waals surface area contributed by atoms with E-state index in [2.05, 4.69) is 35.4 Å². The Morgan fingerprint density at radius 3 is 1.54 bits per heavy atom. The Morgan fingerprint density at radius 1 is 0.481 bits per heavy atom. The van der Waals surface area contributed by atoms with Crippen LogP contribution in [0.4, 0.5) is 14.5 Å². The Labute approximate surface area is 306 Å². The van der Waals surface area contributed by atoms with Crippen molar-refractivity contribution in [2.45, 2.75) is 0 Å². The van der Waals surface area contributed by atoms with E-state index in [1.165, 1.54) is 18.2 Å². The van der Waals surface area contributed by atoms with Gasteiger partial charge in [-0.3, -0.25) is 0 Å². The van der Waals surface area contributed by atoms with Gasteiger partial charge in [0.1, 0.15) is 11.6 Å². The summed E-state index contributed by atoms with van der Waals surface area (Å²) in [7, 11) is 0. The number of benzene rings is 6. The van der Waals surface area contributed by atoms with Crippen LogP contribution in [-0.2, 0) is 0 Å². The molecule has 254 valence electrons. The monoisotopic (exact) mass is 701 g/mol. The maximum atomic E-state index is 15.9. The molecule has 0 aliphatic rings. The topological polar surface area (TPSA) is 65.8 Å². The zero-order chi connectivity index (χ0) is 36.3. The van der Waals surface area contributed by atoms with E-state index in [0.717, 1.165) is 54.7 Å². The molecule has 0 aliphatic carbocycles. The van der Waals surface area contributed by atoms with Crippen molar-refractivity contribution in [1.29, 1.82) is 0 Å². The third-order valence-corrected chi connectivity index (χ3v) is 9.93. The van der Waals surface area contributed by atoms with Crippen molar-refractivity contribution in [3.05, 3.63) is 175 Å². The second kappa shape index (κ2) is 12.3. The Kier molecular flexibility index (Phi) is 7.10. The van der Waals surface area contributed by atoms with Crippen LogP contribution < -0.4 is 0 Å². The molecule has 6 aromatic carbocycles. The van der Waals surface area contributed by atoms with Crippen molar-refractivity contribution in [3.8, 4) is 45.3 Å². The molecule has 4 aromatic heterocycles. The standard InChI is InChI=1S/C45H25F2N7/c1-48-42-40(53-36-13-4-2-9-29(36)32-25-27(15-18-38(32)53)44-49-21-7-22-50-44)20-17-31(41-34(46)11-6-12-35(41)47)43(42)54-37-14-5-3-10-30(37)33-26-28(16-19-39(33)54)45-51-23-8-24-52-45/h2-26H. The lowest BCUT2D eigenvalue weighted by Crippen LogP contribution is -2.04. The maximum Gasteiger partial charge on any atom is 0.234 e. The summed E-state index contributed by atoms with van der Waals surface area (Å²) >= 11 is 0. The van der Waals surface area contributed by atoms with Crippen LogP contribution in [0.25, 0.3) is 93.7 Å². The van der Waals surface area contributed by atoms with Gasteiger partial charge in [-0.1, -0.05) is 48.5 Å². The van der Waals surface area contributed by atoms with Gasteiger partial charge in [0.2, 0.25) is 5.69 Å². The molecule has 0 aliphatic heterocycles. The van der Waals surface area contributed by atoms with Gasteiger partial charge in [0.25, 0.3) is 0 Å². The van der Waals surface area contributed by atoms with Crippen molar-refractivity contribution in [2.75, 3.05) is 0 Å². The second-order valence-electron chi connectivity index (χ2n) is 12.9. The van der Waals surface area contributed by atoms with Crippen LogP contribution in [0.3, 0.4) is 0 Å². The van der Waals surface area contributed by atoms with Crippen molar-refractivity contribution < 1.29 is 8.78 Å². The van der Waals surface area contributed by atoms with Crippen LogP contribution in [-0.4, -0.2) is 29.1 Å². The number of aromatic nitrogens is 6. The minimum Gasteiger partial charge on any atom is -0.319 e. The van der Waals surface area contributed by atoms with Gasteiger partial charge in [0.05, 0.1) is 45.6 Å². The highest BCUT2D eigenvalue weighted by molar-refractivity contribution is 6.13. The molecule has 10 aromatic rings. The maximum absolute atomic E-state index is 15.9. The third-order valence-electron chi connectivity index (χ3n) is 9.93. The molecule has 0 amide bonds. The molecule has 0 saturated carbocycles. The Balaban J connectivity index is 1.33. The lowest BCUT2D eigenvalue weighted by atomic mass is 9.99.